The molecule has 29 heavy (non-hydrogen) atoms. The summed E-state index contributed by atoms with van der Waals surface area (Å²) in [7, 11) is 1.41. The molecule has 1 saturated carbocycles. The van der Waals surface area contributed by atoms with Gasteiger partial charge in [-0.2, -0.15) is 0 Å². The van der Waals surface area contributed by atoms with Gasteiger partial charge in [0.05, 0.1) is 13.0 Å². The van der Waals surface area contributed by atoms with Crippen LogP contribution in [0, 0.1) is 17.8 Å². The van der Waals surface area contributed by atoms with E-state index in [1.165, 1.54) is 52.0 Å². The van der Waals surface area contributed by atoms with Gasteiger partial charge in [0.1, 0.15) is 6.10 Å². The van der Waals surface area contributed by atoms with Crippen LogP contribution < -0.4 is 9.47 Å². The van der Waals surface area contributed by atoms with Crippen molar-refractivity contribution < 1.29 is 28.6 Å². The monoisotopic (exact) mass is 405 g/mol. The van der Waals surface area contributed by atoms with Crippen LogP contribution in [0.4, 0.5) is 0 Å². The van der Waals surface area contributed by atoms with Crippen molar-refractivity contribution >= 4 is 17.7 Å². The van der Waals surface area contributed by atoms with E-state index in [0.29, 0.717) is 11.8 Å². The number of pyridine rings is 1. The van der Waals surface area contributed by atoms with E-state index in [1.54, 1.807) is 6.92 Å². The van der Waals surface area contributed by atoms with Crippen molar-refractivity contribution in [3.63, 3.8) is 0 Å². The molecule has 0 N–H and O–H groups in total. The Morgan fingerprint density at radius 3 is 2.41 bits per heavy atom. The molecule has 1 aromatic rings. The van der Waals surface area contributed by atoms with Crippen LogP contribution in [0.1, 0.15) is 70.3 Å². The number of nitrogens with zero attached hydrogens (tertiary/aromatic N) is 1. The summed E-state index contributed by atoms with van der Waals surface area (Å²) in [6, 6.07) is 1.50. The molecular formula is C22H31NO6. The van der Waals surface area contributed by atoms with Crippen molar-refractivity contribution in [3.05, 3.63) is 18.0 Å². The molecule has 0 unspecified atom stereocenters. The topological polar surface area (TPSA) is 91.8 Å². The third-order valence-electron chi connectivity index (χ3n) is 5.68. The Morgan fingerprint density at radius 2 is 1.83 bits per heavy atom. The zero-order valence-electron chi connectivity index (χ0n) is 17.9. The van der Waals surface area contributed by atoms with Crippen LogP contribution in [0.2, 0.25) is 0 Å². The smallest absolute Gasteiger partial charge is 0.309 e. The molecule has 1 heterocycles. The zero-order valence-corrected chi connectivity index (χ0v) is 17.9. The van der Waals surface area contributed by atoms with E-state index in [-0.39, 0.29) is 29.7 Å². The molecule has 1 aliphatic rings. The van der Waals surface area contributed by atoms with Crippen LogP contribution in [-0.4, -0.2) is 35.9 Å². The fourth-order valence-electron chi connectivity index (χ4n) is 3.76. The largest absolute Gasteiger partial charge is 0.493 e. The minimum Gasteiger partial charge on any atom is -0.493 e. The summed E-state index contributed by atoms with van der Waals surface area (Å²) < 4.78 is 15.9. The number of hydrogen-bond acceptors (Lipinski definition) is 7. The van der Waals surface area contributed by atoms with Crippen LogP contribution in [0.3, 0.4) is 0 Å². The molecular weight excluding hydrogens is 374 g/mol. The van der Waals surface area contributed by atoms with Crippen molar-refractivity contribution in [1.29, 1.82) is 0 Å². The average molecular weight is 405 g/mol. The molecule has 0 bridgehead atoms. The zero-order chi connectivity index (χ0) is 21.6. The summed E-state index contributed by atoms with van der Waals surface area (Å²) in [6.45, 7) is 6.92. The van der Waals surface area contributed by atoms with Gasteiger partial charge >= 0.3 is 11.9 Å². The van der Waals surface area contributed by atoms with Crippen LogP contribution in [0.15, 0.2) is 12.3 Å². The van der Waals surface area contributed by atoms with Crippen molar-refractivity contribution in [2.75, 3.05) is 7.11 Å². The van der Waals surface area contributed by atoms with Gasteiger partial charge in [0, 0.05) is 25.6 Å². The van der Waals surface area contributed by atoms with Crippen molar-refractivity contribution in [2.45, 2.75) is 65.9 Å². The molecule has 0 radical (unpaired) electrons. The maximum Gasteiger partial charge on any atom is 0.309 e. The summed E-state index contributed by atoms with van der Waals surface area (Å²) in [6.07, 6.45) is 5.92. The highest BCUT2D eigenvalue weighted by Crippen LogP contribution is 2.34. The van der Waals surface area contributed by atoms with Gasteiger partial charge in [-0.05, 0) is 18.8 Å². The Bertz CT molecular complexity index is 741. The summed E-state index contributed by atoms with van der Waals surface area (Å²) in [5.41, 5.74) is -0.0356. The summed E-state index contributed by atoms with van der Waals surface area (Å²) in [4.78, 5) is 40.7. The van der Waals surface area contributed by atoms with Gasteiger partial charge in [0.2, 0.25) is 5.75 Å². The third-order valence-corrected chi connectivity index (χ3v) is 5.68. The lowest BCUT2D eigenvalue weighted by Crippen LogP contribution is -2.30. The predicted molar refractivity (Wildman–Crippen MR) is 107 cm³/mol. The number of ketones is 1. The first-order chi connectivity index (χ1) is 13.7. The molecule has 0 spiro atoms. The second-order valence-electron chi connectivity index (χ2n) is 7.86. The van der Waals surface area contributed by atoms with Gasteiger partial charge in [0.25, 0.3) is 0 Å². The molecule has 0 aromatic carbocycles. The van der Waals surface area contributed by atoms with Gasteiger partial charge < -0.3 is 14.2 Å². The van der Waals surface area contributed by atoms with Gasteiger partial charge in [0.15, 0.2) is 17.2 Å². The van der Waals surface area contributed by atoms with Crippen LogP contribution in [0.25, 0.3) is 0 Å². The van der Waals surface area contributed by atoms with E-state index in [1.807, 2.05) is 6.92 Å². The van der Waals surface area contributed by atoms with E-state index in [4.69, 9.17) is 14.2 Å². The Labute approximate surface area is 172 Å². The van der Waals surface area contributed by atoms with Crippen LogP contribution in [0.5, 0.6) is 11.5 Å². The Morgan fingerprint density at radius 1 is 1.17 bits per heavy atom. The van der Waals surface area contributed by atoms with Gasteiger partial charge in [-0.15, -0.1) is 0 Å². The lowest BCUT2D eigenvalue weighted by atomic mass is 9.88. The molecule has 2 rings (SSSR count). The second kappa shape index (κ2) is 10.4. The van der Waals surface area contributed by atoms with Gasteiger partial charge in [-0.25, -0.2) is 4.98 Å². The minimum atomic E-state index is -0.640. The highest BCUT2D eigenvalue weighted by atomic mass is 16.6. The fraction of sp³-hybridized carbons (Fsp3) is 0.636. The minimum absolute atomic E-state index is 0.0312. The third kappa shape index (κ3) is 6.02. The first-order valence-corrected chi connectivity index (χ1v) is 10.2. The number of Topliss-reactive ketones (excluding diaryl/α,β-unsaturated/α-hetero) is 1. The van der Waals surface area contributed by atoms with Crippen molar-refractivity contribution in [2.24, 2.45) is 17.8 Å². The molecule has 160 valence electrons. The number of rotatable bonds is 9. The molecule has 7 heteroatoms. The quantitative estimate of drug-likeness (QED) is 0.453. The number of carbonyl (C=O) groups excluding carboxylic acids is 3. The fourth-order valence-corrected chi connectivity index (χ4v) is 3.76. The molecule has 0 saturated heterocycles. The van der Waals surface area contributed by atoms with Crippen molar-refractivity contribution in [3.8, 4) is 11.5 Å². The predicted octanol–water partition coefficient (Wildman–Crippen LogP) is 3.98. The Kier molecular flexibility index (Phi) is 8.17. The number of esters is 2. The van der Waals surface area contributed by atoms with E-state index in [9.17, 15) is 14.4 Å². The molecule has 3 atom stereocenters. The van der Waals surface area contributed by atoms with E-state index < -0.39 is 23.6 Å². The molecule has 0 amide bonds. The lowest BCUT2D eigenvalue weighted by molar-refractivity contribution is -0.155. The first-order valence-electron chi connectivity index (χ1n) is 10.2. The maximum atomic E-state index is 12.7. The van der Waals surface area contributed by atoms with E-state index in [0.717, 1.165) is 0 Å². The number of methoxy groups -OCH3 is 1. The highest BCUT2D eigenvalue weighted by Gasteiger charge is 2.30. The Hall–Kier alpha value is -2.44. The summed E-state index contributed by atoms with van der Waals surface area (Å²) >= 11 is 0. The molecule has 1 aliphatic carbocycles. The van der Waals surface area contributed by atoms with Crippen molar-refractivity contribution in [1.82, 2.24) is 4.98 Å². The second-order valence-corrected chi connectivity index (χ2v) is 7.86. The average Bonchev–Trinajstić information content (AvgIpc) is 3.21. The summed E-state index contributed by atoms with van der Waals surface area (Å²) in [5, 5.41) is 0. The molecule has 1 aromatic heterocycles. The number of carbonyl (C=O) groups is 3. The Balaban J connectivity index is 2.02. The highest BCUT2D eigenvalue weighted by molar-refractivity contribution is 5.99. The van der Waals surface area contributed by atoms with E-state index in [2.05, 4.69) is 11.9 Å². The first kappa shape index (κ1) is 22.8. The van der Waals surface area contributed by atoms with Crippen LogP contribution in [-0.2, 0) is 14.3 Å². The maximum absolute atomic E-state index is 12.7. The SMILES string of the molecule is COc1ccnc(C(=O)C[C@@H](C)C(=O)O[C@H](C)[C@H](C)C2CCCC2)c1OC(C)=O. The summed E-state index contributed by atoms with van der Waals surface area (Å²) in [5.74, 6) is -0.980. The van der Waals surface area contributed by atoms with E-state index >= 15 is 0 Å². The number of hydrogen-bond donors (Lipinski definition) is 0. The van der Waals surface area contributed by atoms with Gasteiger partial charge in [-0.1, -0.05) is 39.5 Å². The molecule has 1 fully saturated rings. The number of aromatic nitrogens is 1. The normalized spacial score (nSPS) is 17.3. The van der Waals surface area contributed by atoms with Gasteiger partial charge in [-0.3, -0.25) is 14.4 Å². The standard InChI is InChI=1S/C22H31NO6/c1-13(22(26)28-15(3)14(2)17-8-6-7-9-17)12-18(25)20-21(29-16(4)24)19(27-5)10-11-23-20/h10-11,13-15,17H,6-9,12H2,1-5H3/t13-,14+,15-/m1/s1. The lowest BCUT2D eigenvalue weighted by Gasteiger charge is -2.26. The van der Waals surface area contributed by atoms with Crippen LogP contribution >= 0.6 is 0 Å². The molecule has 7 nitrogen and oxygen atoms in total. The molecule has 0 aliphatic heterocycles. The number of ether oxygens (including phenoxy) is 3.